The average Bonchev–Trinajstić information content (AvgIpc) is 2.91. The Kier molecular flexibility index (Phi) is 9.48. The van der Waals surface area contributed by atoms with Gasteiger partial charge >= 0.3 is 24.7 Å². The maximum atomic E-state index is 13.6. The van der Waals surface area contributed by atoms with Crippen LogP contribution in [0, 0.1) is 0 Å². The molecule has 0 unspecified atom stereocenters. The molecular weight excluding hydrogens is 652 g/mol. The lowest BCUT2D eigenvalue weighted by molar-refractivity contribution is -0.290. The molecule has 0 fully saturated rings. The SMILES string of the molecule is Oc1ccc(C(c2ccc(O)cc2)(C(F)(F)F)C(F)(F)F)cc1.Oc1ccc(C(c2ccc(O)cc2)(C(F)(F)F)C(F)(F)F)cc1. The smallest absolute Gasteiger partial charge is 0.411 e. The van der Waals surface area contributed by atoms with Gasteiger partial charge in [0.05, 0.1) is 0 Å². The van der Waals surface area contributed by atoms with Gasteiger partial charge < -0.3 is 20.4 Å². The van der Waals surface area contributed by atoms with E-state index in [1.807, 2.05) is 0 Å². The molecule has 0 atom stereocenters. The summed E-state index contributed by atoms with van der Waals surface area (Å²) in [7, 11) is 0. The second-order valence-electron chi connectivity index (χ2n) is 9.68. The van der Waals surface area contributed by atoms with E-state index in [4.69, 9.17) is 20.4 Å². The maximum Gasteiger partial charge on any atom is 0.411 e. The molecule has 4 aromatic rings. The van der Waals surface area contributed by atoms with Crippen LogP contribution in [0.25, 0.3) is 0 Å². The number of hydrogen-bond acceptors (Lipinski definition) is 4. The van der Waals surface area contributed by atoms with Gasteiger partial charge in [-0.05, 0) is 70.8 Å². The van der Waals surface area contributed by atoms with Gasteiger partial charge in [0.2, 0.25) is 10.8 Å². The summed E-state index contributed by atoms with van der Waals surface area (Å²) in [5.74, 6) is -1.84. The quantitative estimate of drug-likeness (QED) is 0.163. The molecule has 0 radical (unpaired) electrons. The molecule has 4 aromatic carbocycles. The minimum Gasteiger partial charge on any atom is -0.508 e. The first kappa shape index (κ1) is 35.7. The van der Waals surface area contributed by atoms with Gasteiger partial charge in [0.1, 0.15) is 23.0 Å². The van der Waals surface area contributed by atoms with Crippen molar-refractivity contribution in [3.63, 3.8) is 0 Å². The van der Waals surface area contributed by atoms with Crippen molar-refractivity contribution in [2.75, 3.05) is 0 Å². The van der Waals surface area contributed by atoms with E-state index in [1.54, 1.807) is 0 Å². The molecule has 0 heterocycles. The summed E-state index contributed by atoms with van der Waals surface area (Å²) in [6, 6.07) is 10.6. The summed E-state index contributed by atoms with van der Waals surface area (Å²) < 4.78 is 163. The van der Waals surface area contributed by atoms with Crippen LogP contribution in [0.2, 0.25) is 0 Å². The summed E-state index contributed by atoms with van der Waals surface area (Å²) in [6.07, 6.45) is -22.8. The van der Waals surface area contributed by atoms with Crippen molar-refractivity contribution in [3.8, 4) is 23.0 Å². The number of phenolic OH excluding ortho intramolecular Hbond substituents is 4. The van der Waals surface area contributed by atoms with Crippen LogP contribution < -0.4 is 0 Å². The molecule has 0 aromatic heterocycles. The van der Waals surface area contributed by atoms with Crippen LogP contribution in [0.5, 0.6) is 23.0 Å². The zero-order valence-corrected chi connectivity index (χ0v) is 22.6. The molecule has 16 heteroatoms. The second kappa shape index (κ2) is 12.2. The Morgan fingerprint density at radius 3 is 0.500 bits per heavy atom. The van der Waals surface area contributed by atoms with E-state index in [0.717, 1.165) is 48.5 Å². The van der Waals surface area contributed by atoms with Crippen LogP contribution in [-0.2, 0) is 10.8 Å². The third-order valence-corrected chi connectivity index (χ3v) is 6.90. The summed E-state index contributed by atoms with van der Waals surface area (Å²) in [6.45, 7) is 0. The predicted octanol–water partition coefficient (Wildman–Crippen LogP) is 9.02. The molecule has 0 saturated heterocycles. The molecule has 4 rings (SSSR count). The fourth-order valence-electron chi connectivity index (χ4n) is 4.81. The van der Waals surface area contributed by atoms with Crippen molar-refractivity contribution in [1.29, 1.82) is 0 Å². The number of hydrogen-bond donors (Lipinski definition) is 4. The fourth-order valence-corrected chi connectivity index (χ4v) is 4.81. The van der Waals surface area contributed by atoms with Gasteiger partial charge in [0.15, 0.2) is 0 Å². The van der Waals surface area contributed by atoms with Crippen LogP contribution >= 0.6 is 0 Å². The van der Waals surface area contributed by atoms with E-state index in [-0.39, 0.29) is 0 Å². The lowest BCUT2D eigenvalue weighted by Crippen LogP contribution is -2.54. The van der Waals surface area contributed by atoms with E-state index >= 15 is 0 Å². The molecule has 4 N–H and O–H groups in total. The summed E-state index contributed by atoms with van der Waals surface area (Å²) >= 11 is 0. The highest BCUT2D eigenvalue weighted by Gasteiger charge is 2.73. The third kappa shape index (κ3) is 6.33. The highest BCUT2D eigenvalue weighted by Crippen LogP contribution is 2.57. The van der Waals surface area contributed by atoms with Gasteiger partial charge in [-0.2, -0.15) is 52.7 Å². The minimum atomic E-state index is -5.70. The van der Waals surface area contributed by atoms with Gasteiger partial charge in [-0.3, -0.25) is 0 Å². The number of alkyl halides is 12. The lowest BCUT2D eigenvalue weighted by atomic mass is 9.73. The van der Waals surface area contributed by atoms with Crippen molar-refractivity contribution in [3.05, 3.63) is 119 Å². The maximum absolute atomic E-state index is 13.6. The normalized spacial score (nSPS) is 13.1. The van der Waals surface area contributed by atoms with Gasteiger partial charge in [0, 0.05) is 0 Å². The Morgan fingerprint density at radius 2 is 0.391 bits per heavy atom. The van der Waals surface area contributed by atoms with E-state index in [9.17, 15) is 52.7 Å². The van der Waals surface area contributed by atoms with E-state index in [1.165, 1.54) is 0 Å². The van der Waals surface area contributed by atoms with E-state index in [0.29, 0.717) is 48.5 Å². The Balaban J connectivity index is 0.000000250. The summed E-state index contributed by atoms with van der Waals surface area (Å²) in [5, 5.41) is 36.6. The standard InChI is InChI=1S/2C15H10F6O2/c2*16-14(17,18)13(15(19,20)21,9-1-5-11(22)6-2-9)10-3-7-12(23)8-4-10/h2*1-8,22-23H. The molecule has 46 heavy (non-hydrogen) atoms. The zero-order valence-electron chi connectivity index (χ0n) is 22.6. The number of aromatic hydroxyl groups is 4. The largest absolute Gasteiger partial charge is 0.508 e. The average molecular weight is 672 g/mol. The highest BCUT2D eigenvalue weighted by molar-refractivity contribution is 5.48. The van der Waals surface area contributed by atoms with Crippen molar-refractivity contribution >= 4 is 0 Å². The topological polar surface area (TPSA) is 80.9 Å². The Hall–Kier alpha value is -4.76. The molecule has 0 saturated carbocycles. The molecule has 0 aliphatic heterocycles. The molecule has 0 aliphatic carbocycles. The van der Waals surface area contributed by atoms with Crippen LogP contribution in [0.3, 0.4) is 0 Å². The van der Waals surface area contributed by atoms with Crippen molar-refractivity contribution in [1.82, 2.24) is 0 Å². The predicted molar refractivity (Wildman–Crippen MR) is 138 cm³/mol. The molecule has 0 aliphatic rings. The Bertz CT molecular complexity index is 1340. The Morgan fingerprint density at radius 1 is 0.261 bits per heavy atom. The first-order valence-electron chi connectivity index (χ1n) is 12.4. The fraction of sp³-hybridized carbons (Fsp3) is 0.200. The summed E-state index contributed by atoms with van der Waals surface area (Å²) in [4.78, 5) is 0. The number of benzene rings is 4. The molecule has 248 valence electrons. The van der Waals surface area contributed by atoms with Crippen LogP contribution in [0.4, 0.5) is 52.7 Å². The number of phenols is 4. The molecule has 0 bridgehead atoms. The van der Waals surface area contributed by atoms with Gasteiger partial charge in [0.25, 0.3) is 0 Å². The van der Waals surface area contributed by atoms with Crippen molar-refractivity contribution in [2.45, 2.75) is 35.5 Å². The van der Waals surface area contributed by atoms with Gasteiger partial charge in [-0.15, -0.1) is 0 Å². The summed E-state index contributed by atoms with van der Waals surface area (Å²) in [5.41, 5.74) is -12.9. The van der Waals surface area contributed by atoms with E-state index in [2.05, 4.69) is 0 Å². The molecule has 4 nitrogen and oxygen atoms in total. The van der Waals surface area contributed by atoms with Crippen molar-refractivity contribution < 1.29 is 73.1 Å². The highest BCUT2D eigenvalue weighted by atomic mass is 19.4. The molecular formula is C30H20F12O4. The zero-order chi connectivity index (χ0) is 34.9. The number of halogens is 12. The number of rotatable bonds is 4. The lowest BCUT2D eigenvalue weighted by Gasteiger charge is -2.38. The van der Waals surface area contributed by atoms with Gasteiger partial charge in [-0.25, -0.2) is 0 Å². The van der Waals surface area contributed by atoms with Crippen LogP contribution in [0.1, 0.15) is 22.3 Å². The molecule has 0 amide bonds. The second-order valence-corrected chi connectivity index (χ2v) is 9.68. The van der Waals surface area contributed by atoms with Crippen LogP contribution in [0.15, 0.2) is 97.1 Å². The minimum absolute atomic E-state index is 0.460. The molecule has 0 spiro atoms. The monoisotopic (exact) mass is 672 g/mol. The third-order valence-electron chi connectivity index (χ3n) is 6.90. The van der Waals surface area contributed by atoms with E-state index < -0.39 is 80.8 Å². The first-order valence-corrected chi connectivity index (χ1v) is 12.4. The van der Waals surface area contributed by atoms with Gasteiger partial charge in [-0.1, -0.05) is 48.5 Å². The Labute approximate surface area is 251 Å². The van der Waals surface area contributed by atoms with Crippen molar-refractivity contribution in [2.24, 2.45) is 0 Å². The first-order chi connectivity index (χ1) is 21.0. The van der Waals surface area contributed by atoms with Crippen LogP contribution in [-0.4, -0.2) is 45.1 Å².